The number of benzene rings is 1. The molecule has 0 aromatic heterocycles. The van der Waals surface area contributed by atoms with Crippen LogP contribution in [0, 0.1) is 5.82 Å². The quantitative estimate of drug-likeness (QED) is 0.670. The van der Waals surface area contributed by atoms with Gasteiger partial charge in [0.2, 0.25) is 11.8 Å². The third-order valence-electron chi connectivity index (χ3n) is 3.14. The molecule has 0 atom stereocenters. The minimum Gasteiger partial charge on any atom is -0.481 e. The summed E-state index contributed by atoms with van der Waals surface area (Å²) in [6, 6.07) is 5.68. The van der Waals surface area contributed by atoms with Crippen LogP contribution in [0.1, 0.15) is 32.3 Å². The number of aliphatic carboxylic acids is 1. The predicted octanol–water partition coefficient (Wildman–Crippen LogP) is 1.24. The summed E-state index contributed by atoms with van der Waals surface area (Å²) < 4.78 is 13.0. The first-order chi connectivity index (χ1) is 10.7. The predicted molar refractivity (Wildman–Crippen MR) is 82.2 cm³/mol. The highest BCUT2D eigenvalue weighted by Crippen LogP contribution is 2.10. The van der Waals surface area contributed by atoms with Crippen LogP contribution in [0.25, 0.3) is 0 Å². The van der Waals surface area contributed by atoms with Crippen LogP contribution in [0.3, 0.4) is 0 Å². The molecular weight excluding hydrogens is 303 g/mol. The number of nitrogens with one attached hydrogen (secondary N) is 2. The number of rotatable bonds is 8. The van der Waals surface area contributed by atoms with Crippen LogP contribution in [0.2, 0.25) is 0 Å². The van der Waals surface area contributed by atoms with Gasteiger partial charge in [-0.05, 0) is 38.0 Å². The van der Waals surface area contributed by atoms with Crippen molar-refractivity contribution >= 4 is 17.8 Å². The summed E-state index contributed by atoms with van der Waals surface area (Å²) in [4.78, 5) is 34.0. The van der Waals surface area contributed by atoms with Gasteiger partial charge < -0.3 is 15.7 Å². The first kappa shape index (κ1) is 18.6. The maximum atomic E-state index is 13.0. The molecule has 0 radical (unpaired) electrons. The Morgan fingerprint density at radius 3 is 2.52 bits per heavy atom. The van der Waals surface area contributed by atoms with Crippen LogP contribution in [0.5, 0.6) is 0 Å². The van der Waals surface area contributed by atoms with Crippen LogP contribution in [0.15, 0.2) is 24.3 Å². The smallest absolute Gasteiger partial charge is 0.303 e. The number of hydrogen-bond donors (Lipinski definition) is 3. The van der Waals surface area contributed by atoms with Gasteiger partial charge in [0.1, 0.15) is 5.82 Å². The summed E-state index contributed by atoms with van der Waals surface area (Å²) in [5, 5.41) is 13.8. The molecular formula is C16H21FN2O4. The number of carbonyl (C=O) groups is 3. The Morgan fingerprint density at radius 2 is 1.91 bits per heavy atom. The molecule has 0 saturated heterocycles. The molecule has 1 aromatic rings. The fourth-order valence-corrected chi connectivity index (χ4v) is 1.98. The second-order valence-corrected chi connectivity index (χ2v) is 5.91. The van der Waals surface area contributed by atoms with E-state index in [-0.39, 0.29) is 25.8 Å². The lowest BCUT2D eigenvalue weighted by Crippen LogP contribution is -2.48. The highest BCUT2D eigenvalue weighted by atomic mass is 19.1. The lowest BCUT2D eigenvalue weighted by atomic mass is 9.98. The van der Waals surface area contributed by atoms with E-state index in [0.29, 0.717) is 5.56 Å². The van der Waals surface area contributed by atoms with Crippen LogP contribution < -0.4 is 10.6 Å². The van der Waals surface area contributed by atoms with Gasteiger partial charge in [-0.25, -0.2) is 4.39 Å². The Labute approximate surface area is 134 Å². The molecule has 0 aliphatic rings. The van der Waals surface area contributed by atoms with Gasteiger partial charge in [-0.1, -0.05) is 12.1 Å². The highest BCUT2D eigenvalue weighted by molar-refractivity contribution is 5.86. The molecule has 0 heterocycles. The molecule has 0 saturated carbocycles. The zero-order valence-electron chi connectivity index (χ0n) is 13.2. The Hall–Kier alpha value is -2.44. The Bertz CT molecular complexity index is 587. The van der Waals surface area contributed by atoms with Gasteiger partial charge in [0.15, 0.2) is 0 Å². The summed E-state index contributed by atoms with van der Waals surface area (Å²) in [7, 11) is 0. The molecule has 1 aromatic carbocycles. The first-order valence-electron chi connectivity index (χ1n) is 7.22. The van der Waals surface area contributed by atoms with Gasteiger partial charge in [0.25, 0.3) is 0 Å². The Morgan fingerprint density at radius 1 is 1.22 bits per heavy atom. The summed E-state index contributed by atoms with van der Waals surface area (Å²) in [6.07, 6.45) is 0.206. The van der Waals surface area contributed by atoms with E-state index in [1.165, 1.54) is 18.2 Å². The Balaban J connectivity index is 2.37. The van der Waals surface area contributed by atoms with Crippen LogP contribution in [0.4, 0.5) is 4.39 Å². The van der Waals surface area contributed by atoms with Gasteiger partial charge in [0, 0.05) is 12.0 Å². The van der Waals surface area contributed by atoms with Crippen molar-refractivity contribution in [1.29, 1.82) is 0 Å². The number of carbonyl (C=O) groups excluding carboxylic acids is 2. The molecule has 6 nitrogen and oxygen atoms in total. The third-order valence-corrected chi connectivity index (χ3v) is 3.14. The van der Waals surface area contributed by atoms with Crippen molar-refractivity contribution in [1.82, 2.24) is 10.6 Å². The molecule has 0 aliphatic heterocycles. The monoisotopic (exact) mass is 324 g/mol. The summed E-state index contributed by atoms with van der Waals surface area (Å²) in [5.41, 5.74) is -0.160. The zero-order chi connectivity index (χ0) is 17.5. The lowest BCUT2D eigenvalue weighted by Gasteiger charge is -2.25. The molecule has 7 heteroatoms. The fraction of sp³-hybridized carbons (Fsp3) is 0.438. The fourth-order valence-electron chi connectivity index (χ4n) is 1.98. The molecule has 3 N–H and O–H groups in total. The van der Waals surface area contributed by atoms with E-state index in [2.05, 4.69) is 10.6 Å². The molecule has 2 amide bonds. The van der Waals surface area contributed by atoms with Gasteiger partial charge >= 0.3 is 5.97 Å². The van der Waals surface area contributed by atoms with Gasteiger partial charge in [0.05, 0.1) is 13.0 Å². The minimum absolute atomic E-state index is 0.0204. The number of hydrogen-bond acceptors (Lipinski definition) is 3. The van der Waals surface area contributed by atoms with Crippen molar-refractivity contribution < 1.29 is 23.9 Å². The topological polar surface area (TPSA) is 95.5 Å². The average molecular weight is 324 g/mol. The summed E-state index contributed by atoms with van der Waals surface area (Å²) in [6.45, 7) is 3.20. The average Bonchev–Trinajstić information content (AvgIpc) is 2.43. The maximum Gasteiger partial charge on any atom is 0.303 e. The molecule has 126 valence electrons. The van der Waals surface area contributed by atoms with E-state index in [9.17, 15) is 18.8 Å². The van der Waals surface area contributed by atoms with Gasteiger partial charge in [-0.3, -0.25) is 14.4 Å². The number of carboxylic acids is 1. The van der Waals surface area contributed by atoms with E-state index in [1.54, 1.807) is 19.9 Å². The van der Waals surface area contributed by atoms with E-state index < -0.39 is 29.1 Å². The first-order valence-corrected chi connectivity index (χ1v) is 7.22. The maximum absolute atomic E-state index is 13.0. The van der Waals surface area contributed by atoms with Crippen LogP contribution in [-0.2, 0) is 20.8 Å². The largest absolute Gasteiger partial charge is 0.481 e. The van der Waals surface area contributed by atoms with E-state index in [0.717, 1.165) is 0 Å². The highest BCUT2D eigenvalue weighted by Gasteiger charge is 2.21. The van der Waals surface area contributed by atoms with E-state index >= 15 is 0 Å². The van der Waals surface area contributed by atoms with Crippen molar-refractivity contribution in [2.75, 3.05) is 6.54 Å². The van der Waals surface area contributed by atoms with Crippen LogP contribution in [-0.4, -0.2) is 35.0 Å². The Kier molecular flexibility index (Phi) is 6.68. The summed E-state index contributed by atoms with van der Waals surface area (Å²) in [5.74, 6) is -2.16. The number of halogens is 1. The molecule has 0 bridgehead atoms. The molecule has 23 heavy (non-hydrogen) atoms. The van der Waals surface area contributed by atoms with Gasteiger partial charge in [-0.15, -0.1) is 0 Å². The van der Waals surface area contributed by atoms with E-state index in [1.807, 2.05) is 0 Å². The third kappa shape index (κ3) is 7.94. The van der Waals surface area contributed by atoms with Crippen molar-refractivity contribution in [2.24, 2.45) is 0 Å². The number of carboxylic acid groups (broad SMARTS) is 1. The molecule has 1 rings (SSSR count). The molecule has 0 unspecified atom stereocenters. The standard InChI is InChI=1S/C16H21FN2O4/c1-16(2,7-6-15(22)23)19-14(21)10-18-13(20)9-11-4-3-5-12(17)8-11/h3-5,8H,6-7,9-10H2,1-2H3,(H,18,20)(H,19,21)(H,22,23). The normalized spacial score (nSPS) is 10.9. The molecule has 0 aliphatic carbocycles. The van der Waals surface area contributed by atoms with Crippen molar-refractivity contribution in [3.8, 4) is 0 Å². The van der Waals surface area contributed by atoms with Crippen molar-refractivity contribution in [3.05, 3.63) is 35.6 Å². The second-order valence-electron chi connectivity index (χ2n) is 5.91. The number of amides is 2. The van der Waals surface area contributed by atoms with Crippen molar-refractivity contribution in [2.45, 2.75) is 38.6 Å². The molecule has 0 spiro atoms. The summed E-state index contributed by atoms with van der Waals surface area (Å²) >= 11 is 0. The lowest BCUT2D eigenvalue weighted by molar-refractivity contribution is -0.137. The minimum atomic E-state index is -0.935. The van der Waals surface area contributed by atoms with Gasteiger partial charge in [-0.2, -0.15) is 0 Å². The molecule has 0 fully saturated rings. The van der Waals surface area contributed by atoms with E-state index in [4.69, 9.17) is 5.11 Å². The zero-order valence-corrected chi connectivity index (χ0v) is 13.2. The SMILES string of the molecule is CC(C)(CCC(=O)O)NC(=O)CNC(=O)Cc1cccc(F)c1. The van der Waals surface area contributed by atoms with Crippen molar-refractivity contribution in [3.63, 3.8) is 0 Å². The van der Waals surface area contributed by atoms with Crippen LogP contribution >= 0.6 is 0 Å². The second kappa shape index (κ2) is 8.26.